The molecule has 31 heavy (non-hydrogen) atoms. The van der Waals surface area contributed by atoms with Crippen LogP contribution in [-0.4, -0.2) is 28.6 Å². The van der Waals surface area contributed by atoms with Gasteiger partial charge in [0, 0.05) is 40.9 Å². The predicted molar refractivity (Wildman–Crippen MR) is 124 cm³/mol. The minimum absolute atomic E-state index is 0.118. The largest absolute Gasteiger partial charge is 0.496 e. The van der Waals surface area contributed by atoms with E-state index in [-0.39, 0.29) is 11.4 Å². The lowest BCUT2D eigenvalue weighted by molar-refractivity contribution is -0.118. The molecule has 0 aliphatic rings. The number of allylic oxidation sites excluding steroid dienone is 3. The molecule has 0 saturated carbocycles. The Bertz CT molecular complexity index is 1020. The molecule has 1 aromatic carbocycles. The first-order valence-electron chi connectivity index (χ1n) is 10.4. The lowest BCUT2D eigenvalue weighted by atomic mass is 9.92. The number of aromatic nitrogens is 2. The molecule has 1 heterocycles. The van der Waals surface area contributed by atoms with Gasteiger partial charge >= 0.3 is 0 Å². The van der Waals surface area contributed by atoms with Gasteiger partial charge in [-0.2, -0.15) is 0 Å². The monoisotopic (exact) mass is 421 g/mol. The number of nitrogens with two attached hydrogens (primary N) is 1. The van der Waals surface area contributed by atoms with Gasteiger partial charge in [-0.1, -0.05) is 19.9 Å². The summed E-state index contributed by atoms with van der Waals surface area (Å²) in [6.45, 7) is 9.18. The second-order valence-electron chi connectivity index (χ2n) is 7.88. The van der Waals surface area contributed by atoms with Crippen LogP contribution in [0.4, 0.5) is 0 Å². The van der Waals surface area contributed by atoms with Crippen molar-refractivity contribution < 1.29 is 14.3 Å². The Balaban J connectivity index is 2.61. The zero-order chi connectivity index (χ0) is 23.1. The molecule has 0 saturated heterocycles. The molecule has 2 aromatic rings. The summed E-state index contributed by atoms with van der Waals surface area (Å²) in [7, 11) is 1.59. The molecule has 2 rings (SSSR count). The van der Waals surface area contributed by atoms with Crippen molar-refractivity contribution in [2.45, 2.75) is 47.5 Å². The summed E-state index contributed by atoms with van der Waals surface area (Å²) >= 11 is 0. The molecule has 2 N–H and O–H groups in total. The highest BCUT2D eigenvalue weighted by Gasteiger charge is 2.17. The molecule has 0 unspecified atom stereocenters. The van der Waals surface area contributed by atoms with Crippen LogP contribution in [0, 0.1) is 12.8 Å². The zero-order valence-electron chi connectivity index (χ0n) is 19.2. The molecule has 164 valence electrons. The van der Waals surface area contributed by atoms with Crippen molar-refractivity contribution in [3.63, 3.8) is 0 Å². The number of ether oxygens (including phenoxy) is 1. The number of nitrogens with zero attached hydrogens (tertiary/aromatic N) is 2. The highest BCUT2D eigenvalue weighted by atomic mass is 16.5. The van der Waals surface area contributed by atoms with E-state index in [0.717, 1.165) is 35.1 Å². The van der Waals surface area contributed by atoms with Crippen LogP contribution in [-0.2, 0) is 16.0 Å². The molecule has 0 atom stereocenters. The van der Waals surface area contributed by atoms with Gasteiger partial charge in [-0.25, -0.2) is 9.97 Å². The number of carbonyl (C=O) groups is 2. The third kappa shape index (κ3) is 6.10. The standard InChI is InChI=1S/C25H31N3O3/c1-7-20(16(4)29)24(30)12-23(26)21-11-25(31-6)22(10-18(21)9-8-15(2)3)19-13-27-17(5)28-14-19/h7,10-15H,8-9,26H2,1-6H3/b20-7-,23-12-. The van der Waals surface area contributed by atoms with E-state index in [2.05, 4.69) is 23.8 Å². The van der Waals surface area contributed by atoms with Crippen LogP contribution in [0.25, 0.3) is 16.8 Å². The molecule has 0 aliphatic carbocycles. The average Bonchev–Trinajstić information content (AvgIpc) is 2.72. The summed E-state index contributed by atoms with van der Waals surface area (Å²) in [5, 5.41) is 0. The molecule has 0 fully saturated rings. The van der Waals surface area contributed by atoms with Crippen LogP contribution in [0.2, 0.25) is 0 Å². The topological polar surface area (TPSA) is 95.2 Å². The number of aryl methyl sites for hydroxylation is 2. The fraction of sp³-hybridized carbons (Fsp3) is 0.360. The first-order valence-corrected chi connectivity index (χ1v) is 10.4. The smallest absolute Gasteiger partial charge is 0.191 e. The van der Waals surface area contributed by atoms with E-state index in [1.165, 1.54) is 19.1 Å². The van der Waals surface area contributed by atoms with Crippen LogP contribution < -0.4 is 10.5 Å². The summed E-state index contributed by atoms with van der Waals surface area (Å²) in [6, 6.07) is 3.87. The van der Waals surface area contributed by atoms with Crippen molar-refractivity contribution in [2.75, 3.05) is 7.11 Å². The van der Waals surface area contributed by atoms with Crippen molar-refractivity contribution in [1.82, 2.24) is 9.97 Å². The van der Waals surface area contributed by atoms with Crippen LogP contribution in [0.3, 0.4) is 0 Å². The average molecular weight is 422 g/mol. The summed E-state index contributed by atoms with van der Waals surface area (Å²) in [6.07, 6.45) is 8.09. The second-order valence-corrected chi connectivity index (χ2v) is 7.88. The Hall–Kier alpha value is -3.28. The highest BCUT2D eigenvalue weighted by Crippen LogP contribution is 2.35. The van der Waals surface area contributed by atoms with Gasteiger partial charge < -0.3 is 10.5 Å². The first kappa shape index (κ1) is 24.0. The summed E-state index contributed by atoms with van der Waals surface area (Å²) < 4.78 is 5.62. The molecular weight excluding hydrogens is 390 g/mol. The normalized spacial score (nSPS) is 12.2. The predicted octanol–water partition coefficient (Wildman–Crippen LogP) is 4.45. The number of methoxy groups -OCH3 is 1. The van der Waals surface area contributed by atoms with E-state index < -0.39 is 5.78 Å². The quantitative estimate of drug-likeness (QED) is 0.365. The molecule has 1 aromatic heterocycles. The number of hydrogen-bond acceptors (Lipinski definition) is 6. The molecular formula is C25H31N3O3. The van der Waals surface area contributed by atoms with Gasteiger partial charge in [-0.15, -0.1) is 0 Å². The van der Waals surface area contributed by atoms with E-state index in [4.69, 9.17) is 10.5 Å². The Labute approximate surface area is 184 Å². The van der Waals surface area contributed by atoms with E-state index in [1.54, 1.807) is 26.4 Å². The Kier molecular flexibility index (Phi) is 8.25. The maximum absolute atomic E-state index is 12.6. The van der Waals surface area contributed by atoms with E-state index in [1.807, 2.05) is 19.1 Å². The van der Waals surface area contributed by atoms with Gasteiger partial charge in [0.05, 0.1) is 12.7 Å². The molecule has 6 nitrogen and oxygen atoms in total. The minimum Gasteiger partial charge on any atom is -0.496 e. The lowest BCUT2D eigenvalue weighted by Gasteiger charge is -2.17. The summed E-state index contributed by atoms with van der Waals surface area (Å²) in [5.74, 6) is 1.11. The van der Waals surface area contributed by atoms with E-state index >= 15 is 0 Å². The first-order chi connectivity index (χ1) is 14.7. The van der Waals surface area contributed by atoms with Gasteiger partial charge in [0.25, 0.3) is 0 Å². The minimum atomic E-state index is -0.405. The van der Waals surface area contributed by atoms with Gasteiger partial charge in [-0.3, -0.25) is 9.59 Å². The molecule has 0 spiro atoms. The Morgan fingerprint density at radius 3 is 2.35 bits per heavy atom. The van der Waals surface area contributed by atoms with Crippen molar-refractivity contribution in [3.8, 4) is 16.9 Å². The van der Waals surface area contributed by atoms with Gasteiger partial charge in [0.15, 0.2) is 11.6 Å². The van der Waals surface area contributed by atoms with Crippen LogP contribution in [0.15, 0.2) is 42.3 Å². The van der Waals surface area contributed by atoms with Crippen LogP contribution >= 0.6 is 0 Å². The van der Waals surface area contributed by atoms with Crippen molar-refractivity contribution >= 4 is 17.3 Å². The number of rotatable bonds is 9. The van der Waals surface area contributed by atoms with Gasteiger partial charge in [0.1, 0.15) is 11.6 Å². The highest BCUT2D eigenvalue weighted by molar-refractivity contribution is 6.24. The van der Waals surface area contributed by atoms with Crippen molar-refractivity contribution in [2.24, 2.45) is 11.7 Å². The molecule has 0 aliphatic heterocycles. The number of hydrogen-bond donors (Lipinski definition) is 1. The molecule has 0 amide bonds. The van der Waals surface area contributed by atoms with Crippen molar-refractivity contribution in [3.05, 3.63) is 59.2 Å². The third-order valence-electron chi connectivity index (χ3n) is 5.04. The Morgan fingerprint density at radius 2 is 1.84 bits per heavy atom. The second kappa shape index (κ2) is 10.7. The Morgan fingerprint density at radius 1 is 1.19 bits per heavy atom. The maximum atomic E-state index is 12.6. The van der Waals surface area contributed by atoms with Crippen LogP contribution in [0.1, 0.15) is 51.1 Å². The fourth-order valence-corrected chi connectivity index (χ4v) is 3.29. The van der Waals surface area contributed by atoms with Crippen LogP contribution in [0.5, 0.6) is 5.75 Å². The fourth-order valence-electron chi connectivity index (χ4n) is 3.29. The van der Waals surface area contributed by atoms with Gasteiger partial charge in [0.2, 0.25) is 0 Å². The lowest BCUT2D eigenvalue weighted by Crippen LogP contribution is -2.11. The number of ketones is 2. The summed E-state index contributed by atoms with van der Waals surface area (Å²) in [5.41, 5.74) is 10.2. The summed E-state index contributed by atoms with van der Waals surface area (Å²) in [4.78, 5) is 32.9. The SMILES string of the molecule is C/C=C(/C(C)=O)C(=O)/C=C(\N)c1cc(OC)c(-c2cnc(C)nc2)cc1CCC(C)C. The van der Waals surface area contributed by atoms with E-state index in [9.17, 15) is 9.59 Å². The van der Waals surface area contributed by atoms with E-state index in [0.29, 0.717) is 23.2 Å². The molecule has 6 heteroatoms. The zero-order valence-corrected chi connectivity index (χ0v) is 19.2. The molecule has 0 bridgehead atoms. The van der Waals surface area contributed by atoms with Crippen molar-refractivity contribution in [1.29, 1.82) is 0 Å². The number of benzene rings is 1. The number of Topliss-reactive ketones (excluding diaryl/α,β-unsaturated/α-hetero) is 1. The third-order valence-corrected chi connectivity index (χ3v) is 5.04. The molecule has 0 radical (unpaired) electrons. The maximum Gasteiger partial charge on any atom is 0.191 e. The van der Waals surface area contributed by atoms with Gasteiger partial charge in [-0.05, 0) is 57.2 Å². The number of carbonyl (C=O) groups excluding carboxylic acids is 2.